The summed E-state index contributed by atoms with van der Waals surface area (Å²) in [6.07, 6.45) is 1.80. The molecule has 2 N–H and O–H groups in total. The van der Waals surface area contributed by atoms with Gasteiger partial charge in [0, 0.05) is 47.8 Å². The van der Waals surface area contributed by atoms with Crippen LogP contribution in [0, 0.1) is 13.8 Å². The van der Waals surface area contributed by atoms with Crippen LogP contribution in [-0.4, -0.2) is 41.4 Å². The number of hydrogen-bond acceptors (Lipinski definition) is 5. The second-order valence-corrected chi connectivity index (χ2v) is 9.77. The highest BCUT2D eigenvalue weighted by molar-refractivity contribution is 7.80. The number of nitrogens with one attached hydrogen (secondary N) is 2. The zero-order valence-corrected chi connectivity index (χ0v) is 23.2. The third kappa shape index (κ3) is 5.23. The lowest BCUT2D eigenvalue weighted by Crippen LogP contribution is -2.29. The van der Waals surface area contributed by atoms with Gasteiger partial charge < -0.3 is 29.6 Å². The van der Waals surface area contributed by atoms with Crippen LogP contribution in [0.25, 0.3) is 5.69 Å². The van der Waals surface area contributed by atoms with E-state index in [1.807, 2.05) is 60.7 Å². The van der Waals surface area contributed by atoms with Crippen LogP contribution in [-0.2, 0) is 9.53 Å². The van der Waals surface area contributed by atoms with Crippen molar-refractivity contribution < 1.29 is 14.3 Å². The molecule has 0 aliphatic carbocycles. The van der Waals surface area contributed by atoms with Gasteiger partial charge in [-0.2, -0.15) is 0 Å². The Hall–Kier alpha value is -4.21. The van der Waals surface area contributed by atoms with Gasteiger partial charge in [0.15, 0.2) is 5.11 Å². The Labute approximate surface area is 233 Å². The summed E-state index contributed by atoms with van der Waals surface area (Å²) in [5.41, 5.74) is 6.87. The van der Waals surface area contributed by atoms with Crippen molar-refractivity contribution in [2.24, 2.45) is 0 Å². The minimum atomic E-state index is -0.207. The first-order chi connectivity index (χ1) is 18.9. The van der Waals surface area contributed by atoms with E-state index in [0.717, 1.165) is 39.8 Å². The van der Waals surface area contributed by atoms with Crippen molar-refractivity contribution in [1.82, 2.24) is 14.9 Å². The van der Waals surface area contributed by atoms with Crippen LogP contribution in [0.1, 0.15) is 34.7 Å². The molecule has 2 aromatic heterocycles. The highest BCUT2D eigenvalue weighted by Gasteiger charge is 2.42. The Morgan fingerprint density at radius 1 is 1.03 bits per heavy atom. The number of amides is 1. The van der Waals surface area contributed by atoms with E-state index in [9.17, 15) is 4.79 Å². The number of thiocarbonyl (C=S) groups is 1. The van der Waals surface area contributed by atoms with Gasteiger partial charge in [-0.05, 0) is 86.2 Å². The van der Waals surface area contributed by atoms with Crippen LogP contribution in [0.2, 0.25) is 0 Å². The molecule has 2 aromatic carbocycles. The molecule has 1 saturated heterocycles. The normalized spacial score (nSPS) is 16.7. The Kier molecular flexibility index (Phi) is 7.63. The van der Waals surface area contributed by atoms with Crippen LogP contribution in [0.4, 0.5) is 11.4 Å². The Bertz CT molecular complexity index is 1490. The lowest BCUT2D eigenvalue weighted by atomic mass is 9.96. The van der Waals surface area contributed by atoms with Gasteiger partial charge in [0.25, 0.3) is 0 Å². The summed E-state index contributed by atoms with van der Waals surface area (Å²) in [7, 11) is 3.17. The maximum atomic E-state index is 12.0. The Morgan fingerprint density at radius 2 is 1.82 bits per heavy atom. The molecule has 1 aliphatic rings. The molecule has 5 rings (SSSR count). The van der Waals surface area contributed by atoms with E-state index in [1.165, 1.54) is 7.11 Å². The Balaban J connectivity index is 1.58. The van der Waals surface area contributed by atoms with Gasteiger partial charge in [-0.15, -0.1) is 0 Å². The first-order valence-corrected chi connectivity index (χ1v) is 13.0. The van der Waals surface area contributed by atoms with Crippen molar-refractivity contribution in [1.29, 1.82) is 0 Å². The average molecular weight is 542 g/mol. The molecule has 200 valence electrons. The van der Waals surface area contributed by atoms with Crippen LogP contribution >= 0.6 is 12.2 Å². The maximum absolute atomic E-state index is 12.0. The molecule has 8 nitrogen and oxygen atoms in total. The molecule has 1 aliphatic heterocycles. The number of ether oxygens (including phenoxy) is 2. The number of aromatic nitrogens is 2. The second-order valence-electron chi connectivity index (χ2n) is 9.39. The molecular weight excluding hydrogens is 510 g/mol. The monoisotopic (exact) mass is 541 g/mol. The zero-order chi connectivity index (χ0) is 27.5. The van der Waals surface area contributed by atoms with E-state index in [1.54, 1.807) is 13.3 Å². The fourth-order valence-corrected chi connectivity index (χ4v) is 5.56. The van der Waals surface area contributed by atoms with E-state index in [2.05, 4.69) is 51.1 Å². The standard InChI is InChI=1S/C30H31N5O3S/c1-19-16-25(20(2)34(19)23-8-7-9-24(17-23)38-4)29-28(26-10-5-6-15-31-26)33-30(39)35(29)22-13-11-21(12-14-22)32-27(36)18-37-3/h5-17,28-29H,18H2,1-4H3,(H,32,36)(H,33,39)/t28-,29+/m1/s1. The summed E-state index contributed by atoms with van der Waals surface area (Å²) in [5.74, 6) is 0.595. The first-order valence-electron chi connectivity index (χ1n) is 12.6. The molecule has 0 bridgehead atoms. The van der Waals surface area contributed by atoms with Crippen LogP contribution in [0.15, 0.2) is 79.0 Å². The number of carbonyl (C=O) groups is 1. The van der Waals surface area contributed by atoms with Gasteiger partial charge in [-0.1, -0.05) is 12.1 Å². The lowest BCUT2D eigenvalue weighted by molar-refractivity contribution is -0.119. The van der Waals surface area contributed by atoms with Gasteiger partial charge in [-0.25, -0.2) is 0 Å². The van der Waals surface area contributed by atoms with E-state index in [4.69, 9.17) is 21.7 Å². The average Bonchev–Trinajstić information content (AvgIpc) is 3.44. The van der Waals surface area contributed by atoms with E-state index in [0.29, 0.717) is 10.8 Å². The summed E-state index contributed by atoms with van der Waals surface area (Å²) in [6.45, 7) is 4.23. The number of methoxy groups -OCH3 is 2. The predicted molar refractivity (Wildman–Crippen MR) is 157 cm³/mol. The Morgan fingerprint density at radius 3 is 2.51 bits per heavy atom. The molecule has 2 atom stereocenters. The smallest absolute Gasteiger partial charge is 0.250 e. The van der Waals surface area contributed by atoms with Crippen molar-refractivity contribution in [2.75, 3.05) is 31.0 Å². The van der Waals surface area contributed by atoms with Gasteiger partial charge in [0.05, 0.1) is 24.9 Å². The van der Waals surface area contributed by atoms with Gasteiger partial charge in [-0.3, -0.25) is 9.78 Å². The molecule has 4 aromatic rings. The highest BCUT2D eigenvalue weighted by atomic mass is 32.1. The van der Waals surface area contributed by atoms with Crippen LogP contribution in [0.5, 0.6) is 5.75 Å². The molecule has 0 spiro atoms. The minimum Gasteiger partial charge on any atom is -0.497 e. The number of carbonyl (C=O) groups excluding carboxylic acids is 1. The van der Waals surface area contributed by atoms with Gasteiger partial charge in [0.2, 0.25) is 5.91 Å². The van der Waals surface area contributed by atoms with Crippen LogP contribution < -0.4 is 20.3 Å². The molecule has 1 fully saturated rings. The maximum Gasteiger partial charge on any atom is 0.250 e. The lowest BCUT2D eigenvalue weighted by Gasteiger charge is -2.28. The van der Waals surface area contributed by atoms with E-state index < -0.39 is 0 Å². The number of rotatable bonds is 8. The number of benzene rings is 2. The summed E-state index contributed by atoms with van der Waals surface area (Å²) in [6, 6.07) is 23.5. The van der Waals surface area contributed by atoms with Crippen molar-refractivity contribution in [3.63, 3.8) is 0 Å². The topological polar surface area (TPSA) is 80.7 Å². The van der Waals surface area contributed by atoms with Gasteiger partial charge >= 0.3 is 0 Å². The molecule has 0 saturated carbocycles. The highest BCUT2D eigenvalue weighted by Crippen LogP contribution is 2.44. The van der Waals surface area contributed by atoms with Crippen molar-refractivity contribution >= 4 is 34.6 Å². The van der Waals surface area contributed by atoms with Crippen molar-refractivity contribution in [2.45, 2.75) is 25.9 Å². The predicted octanol–water partition coefficient (Wildman–Crippen LogP) is 5.26. The number of hydrogen-bond donors (Lipinski definition) is 2. The molecule has 1 amide bonds. The minimum absolute atomic E-state index is 0.00137. The molecule has 0 unspecified atom stereocenters. The third-order valence-corrected chi connectivity index (χ3v) is 7.22. The summed E-state index contributed by atoms with van der Waals surface area (Å²) >= 11 is 5.90. The number of aryl methyl sites for hydroxylation is 1. The summed E-state index contributed by atoms with van der Waals surface area (Å²) in [4.78, 5) is 18.8. The third-order valence-electron chi connectivity index (χ3n) is 6.90. The molecule has 9 heteroatoms. The number of anilines is 2. The first kappa shape index (κ1) is 26.4. The van der Waals surface area contributed by atoms with Crippen molar-refractivity contribution in [3.8, 4) is 11.4 Å². The summed E-state index contributed by atoms with van der Waals surface area (Å²) < 4.78 is 12.6. The van der Waals surface area contributed by atoms with Crippen LogP contribution in [0.3, 0.4) is 0 Å². The van der Waals surface area contributed by atoms with Gasteiger partial charge in [0.1, 0.15) is 12.4 Å². The fraction of sp³-hybridized carbons (Fsp3) is 0.233. The molecule has 3 heterocycles. The van der Waals surface area contributed by atoms with Crippen molar-refractivity contribution in [3.05, 3.63) is 102 Å². The molecular formula is C30H31N5O3S. The molecule has 39 heavy (non-hydrogen) atoms. The zero-order valence-electron chi connectivity index (χ0n) is 22.3. The van der Waals surface area contributed by atoms with E-state index in [-0.39, 0.29) is 24.6 Å². The quantitative estimate of drug-likeness (QED) is 0.295. The number of nitrogens with zero attached hydrogens (tertiary/aromatic N) is 3. The summed E-state index contributed by atoms with van der Waals surface area (Å²) in [5, 5.41) is 6.98. The largest absolute Gasteiger partial charge is 0.497 e. The SMILES string of the molecule is COCC(=O)Nc1ccc(N2C(=S)N[C@H](c3ccccn3)[C@@H]2c2cc(C)n(-c3cccc(OC)c3)c2C)cc1. The molecule has 0 radical (unpaired) electrons. The fourth-order valence-electron chi connectivity index (χ4n) is 5.22. The number of pyridine rings is 1. The second kappa shape index (κ2) is 11.3. The van der Waals surface area contributed by atoms with E-state index >= 15 is 0 Å².